The second kappa shape index (κ2) is 6.54. The summed E-state index contributed by atoms with van der Waals surface area (Å²) in [6.45, 7) is 2.14. The predicted octanol–water partition coefficient (Wildman–Crippen LogP) is 1.72. The van der Waals surface area contributed by atoms with Gasteiger partial charge >= 0.3 is 0 Å². The Morgan fingerprint density at radius 2 is 2.14 bits per heavy atom. The minimum atomic E-state index is 0.266. The largest absolute Gasteiger partial charge is 0.493 e. The van der Waals surface area contributed by atoms with E-state index in [4.69, 9.17) is 14.2 Å². The average molecular weight is 293 g/mol. The molecule has 0 radical (unpaired) electrons. The summed E-state index contributed by atoms with van der Waals surface area (Å²) >= 11 is 0. The van der Waals surface area contributed by atoms with E-state index in [-0.39, 0.29) is 6.61 Å². The molecule has 5 nitrogen and oxygen atoms in total. The van der Waals surface area contributed by atoms with E-state index in [1.807, 2.05) is 12.1 Å². The van der Waals surface area contributed by atoms with Crippen molar-refractivity contribution >= 4 is 0 Å². The van der Waals surface area contributed by atoms with Gasteiger partial charge in [0.2, 0.25) is 5.75 Å². The first-order chi connectivity index (χ1) is 10.3. The molecule has 2 unspecified atom stereocenters. The quantitative estimate of drug-likeness (QED) is 0.865. The first kappa shape index (κ1) is 14.5. The van der Waals surface area contributed by atoms with Gasteiger partial charge in [-0.25, -0.2) is 0 Å². The summed E-state index contributed by atoms with van der Waals surface area (Å²) in [6.07, 6.45) is 3.43. The van der Waals surface area contributed by atoms with Gasteiger partial charge in [-0.15, -0.1) is 0 Å². The zero-order valence-electron chi connectivity index (χ0n) is 12.4. The molecule has 1 heterocycles. The molecule has 0 spiro atoms. The van der Waals surface area contributed by atoms with Gasteiger partial charge in [0.25, 0.3) is 0 Å². The van der Waals surface area contributed by atoms with E-state index in [1.54, 1.807) is 7.11 Å². The van der Waals surface area contributed by atoms with Crippen LogP contribution in [0.4, 0.5) is 0 Å². The van der Waals surface area contributed by atoms with Crippen LogP contribution >= 0.6 is 0 Å². The maximum absolute atomic E-state index is 9.38. The molecule has 21 heavy (non-hydrogen) atoms. The van der Waals surface area contributed by atoms with Gasteiger partial charge in [-0.1, -0.05) is 6.42 Å². The van der Waals surface area contributed by atoms with Crippen molar-refractivity contribution in [3.05, 3.63) is 17.7 Å². The molecule has 2 atom stereocenters. The Kier molecular flexibility index (Phi) is 4.51. The fourth-order valence-electron chi connectivity index (χ4n) is 3.20. The molecule has 0 bridgehead atoms. The number of hydrogen-bond donors (Lipinski definition) is 2. The van der Waals surface area contributed by atoms with E-state index in [0.29, 0.717) is 36.7 Å². The molecular weight excluding hydrogens is 270 g/mol. The highest BCUT2D eigenvalue weighted by Crippen LogP contribution is 2.40. The smallest absolute Gasteiger partial charge is 0.203 e. The number of fused-ring (bicyclic) bond motifs is 1. The van der Waals surface area contributed by atoms with Crippen molar-refractivity contribution in [1.29, 1.82) is 0 Å². The van der Waals surface area contributed by atoms with Crippen LogP contribution in [-0.2, 0) is 6.54 Å². The Morgan fingerprint density at radius 1 is 1.29 bits per heavy atom. The highest BCUT2D eigenvalue weighted by molar-refractivity contribution is 5.54. The number of rotatable bonds is 5. The van der Waals surface area contributed by atoms with Gasteiger partial charge in [0.05, 0.1) is 7.11 Å². The van der Waals surface area contributed by atoms with Gasteiger partial charge in [-0.05, 0) is 36.5 Å². The molecule has 0 aromatic heterocycles. The Balaban J connectivity index is 1.70. The second-order valence-electron chi connectivity index (χ2n) is 5.68. The molecule has 1 aromatic carbocycles. The third kappa shape index (κ3) is 3.09. The van der Waals surface area contributed by atoms with Gasteiger partial charge in [-0.3, -0.25) is 0 Å². The zero-order chi connectivity index (χ0) is 14.7. The monoisotopic (exact) mass is 293 g/mol. The number of nitrogens with one attached hydrogen (secondary N) is 1. The topological polar surface area (TPSA) is 60.0 Å². The van der Waals surface area contributed by atoms with Gasteiger partial charge in [0, 0.05) is 19.2 Å². The molecule has 0 amide bonds. The van der Waals surface area contributed by atoms with E-state index >= 15 is 0 Å². The third-order valence-corrected chi connectivity index (χ3v) is 4.35. The lowest BCUT2D eigenvalue weighted by atomic mass is 10.0. The molecule has 1 fully saturated rings. The summed E-state index contributed by atoms with van der Waals surface area (Å²) in [4.78, 5) is 0. The Morgan fingerprint density at radius 3 is 2.95 bits per heavy atom. The van der Waals surface area contributed by atoms with E-state index in [9.17, 15) is 5.11 Å². The number of aliphatic hydroxyl groups is 1. The fourth-order valence-corrected chi connectivity index (χ4v) is 3.20. The summed E-state index contributed by atoms with van der Waals surface area (Å²) < 4.78 is 16.7. The van der Waals surface area contributed by atoms with Crippen molar-refractivity contribution in [2.24, 2.45) is 5.92 Å². The van der Waals surface area contributed by atoms with Crippen LogP contribution in [0.2, 0.25) is 0 Å². The number of ether oxygens (including phenoxy) is 3. The average Bonchev–Trinajstić information content (AvgIpc) is 2.99. The van der Waals surface area contributed by atoms with Gasteiger partial charge < -0.3 is 24.6 Å². The minimum Gasteiger partial charge on any atom is -0.493 e. The predicted molar refractivity (Wildman–Crippen MR) is 79.0 cm³/mol. The lowest BCUT2D eigenvalue weighted by Crippen LogP contribution is -2.33. The third-order valence-electron chi connectivity index (χ3n) is 4.35. The van der Waals surface area contributed by atoms with Crippen LogP contribution in [0.3, 0.4) is 0 Å². The maximum atomic E-state index is 9.38. The second-order valence-corrected chi connectivity index (χ2v) is 5.68. The number of methoxy groups -OCH3 is 1. The van der Waals surface area contributed by atoms with Crippen molar-refractivity contribution in [2.45, 2.75) is 31.8 Å². The first-order valence-electron chi connectivity index (χ1n) is 7.62. The zero-order valence-corrected chi connectivity index (χ0v) is 12.4. The van der Waals surface area contributed by atoms with Crippen LogP contribution in [0.5, 0.6) is 17.2 Å². The molecule has 1 aliphatic carbocycles. The molecule has 1 saturated carbocycles. The van der Waals surface area contributed by atoms with Crippen molar-refractivity contribution in [1.82, 2.24) is 5.32 Å². The molecule has 1 aliphatic heterocycles. The summed E-state index contributed by atoms with van der Waals surface area (Å²) in [5, 5.41) is 12.9. The molecule has 5 heteroatoms. The summed E-state index contributed by atoms with van der Waals surface area (Å²) in [7, 11) is 1.64. The molecule has 116 valence electrons. The summed E-state index contributed by atoms with van der Waals surface area (Å²) in [6, 6.07) is 4.39. The normalized spacial score (nSPS) is 24.1. The highest BCUT2D eigenvalue weighted by atomic mass is 16.6. The first-order valence-corrected chi connectivity index (χ1v) is 7.62. The van der Waals surface area contributed by atoms with Crippen LogP contribution in [0, 0.1) is 5.92 Å². The van der Waals surface area contributed by atoms with Crippen LogP contribution in [0.15, 0.2) is 12.1 Å². The van der Waals surface area contributed by atoms with E-state index in [1.165, 1.54) is 6.42 Å². The van der Waals surface area contributed by atoms with E-state index in [2.05, 4.69) is 5.32 Å². The lowest BCUT2D eigenvalue weighted by molar-refractivity contribution is 0.164. The standard InChI is InChI=1S/C16H23NO4/c1-19-14-7-11(8-15-16(14)21-6-5-20-15)9-17-13-4-2-3-12(13)10-18/h7-8,12-13,17-18H,2-6,9-10H2,1H3. The van der Waals surface area contributed by atoms with Crippen LogP contribution in [0.25, 0.3) is 0 Å². The fraction of sp³-hybridized carbons (Fsp3) is 0.625. The molecular formula is C16H23NO4. The molecule has 2 aliphatic rings. The molecule has 0 saturated heterocycles. The minimum absolute atomic E-state index is 0.266. The van der Waals surface area contributed by atoms with Crippen molar-refractivity contribution in [2.75, 3.05) is 26.9 Å². The van der Waals surface area contributed by atoms with Crippen LogP contribution in [-0.4, -0.2) is 38.1 Å². The van der Waals surface area contributed by atoms with Gasteiger partial charge in [0.15, 0.2) is 11.5 Å². The Labute approximate surface area is 125 Å². The van der Waals surface area contributed by atoms with Crippen molar-refractivity contribution in [3.63, 3.8) is 0 Å². The Hall–Kier alpha value is -1.46. The van der Waals surface area contributed by atoms with Gasteiger partial charge in [-0.2, -0.15) is 0 Å². The highest BCUT2D eigenvalue weighted by Gasteiger charge is 2.26. The summed E-state index contributed by atoms with van der Waals surface area (Å²) in [5.74, 6) is 2.54. The van der Waals surface area contributed by atoms with Crippen molar-refractivity contribution in [3.8, 4) is 17.2 Å². The SMILES string of the molecule is COc1cc(CNC2CCCC2CO)cc2c1OCCO2. The molecule has 1 aromatic rings. The lowest BCUT2D eigenvalue weighted by Gasteiger charge is -2.23. The van der Waals surface area contributed by atoms with Crippen LogP contribution in [0.1, 0.15) is 24.8 Å². The van der Waals surface area contributed by atoms with Gasteiger partial charge in [0.1, 0.15) is 13.2 Å². The maximum Gasteiger partial charge on any atom is 0.203 e. The van der Waals surface area contributed by atoms with Crippen LogP contribution < -0.4 is 19.5 Å². The van der Waals surface area contributed by atoms with E-state index < -0.39 is 0 Å². The summed E-state index contributed by atoms with van der Waals surface area (Å²) in [5.41, 5.74) is 1.11. The molecule has 3 rings (SSSR count). The molecule has 2 N–H and O–H groups in total. The van der Waals surface area contributed by atoms with E-state index in [0.717, 1.165) is 30.7 Å². The number of aliphatic hydroxyl groups excluding tert-OH is 1. The number of hydrogen-bond acceptors (Lipinski definition) is 5. The van der Waals surface area contributed by atoms with Crippen molar-refractivity contribution < 1.29 is 19.3 Å². The number of benzene rings is 1. The Bertz CT molecular complexity index is 474.